The van der Waals surface area contributed by atoms with Gasteiger partial charge in [-0.3, -0.25) is 9.59 Å². The number of amides is 1. The Balaban J connectivity index is 1.89. The van der Waals surface area contributed by atoms with E-state index in [1.54, 1.807) is 24.3 Å². The first-order chi connectivity index (χ1) is 10.6. The molecule has 2 rings (SSSR count). The molecule has 22 heavy (non-hydrogen) atoms. The lowest BCUT2D eigenvalue weighted by Crippen LogP contribution is -2.24. The smallest absolute Gasteiger partial charge is 0.377 e. The van der Waals surface area contributed by atoms with Gasteiger partial charge in [0.15, 0.2) is 12.4 Å². The summed E-state index contributed by atoms with van der Waals surface area (Å²) in [6, 6.07) is 6.57. The molecule has 7 nitrogen and oxygen atoms in total. The first-order valence-corrected chi connectivity index (χ1v) is 6.59. The third kappa shape index (κ3) is 4.08. The second-order valence-corrected chi connectivity index (χ2v) is 4.43. The largest absolute Gasteiger partial charge is 0.493 e. The zero-order valence-electron chi connectivity index (χ0n) is 12.0. The topological polar surface area (TPSA) is 90.9 Å². The van der Waals surface area contributed by atoms with Crippen molar-refractivity contribution >= 4 is 23.3 Å². The van der Waals surface area contributed by atoms with Gasteiger partial charge in [0.2, 0.25) is 5.76 Å². The molecule has 0 aromatic heterocycles. The monoisotopic (exact) mass is 305 g/mol. The van der Waals surface area contributed by atoms with E-state index in [1.165, 1.54) is 6.92 Å². The van der Waals surface area contributed by atoms with E-state index in [-0.39, 0.29) is 18.1 Å². The Morgan fingerprint density at radius 1 is 1.23 bits per heavy atom. The van der Waals surface area contributed by atoms with Gasteiger partial charge < -0.3 is 19.5 Å². The van der Waals surface area contributed by atoms with Gasteiger partial charge in [-0.25, -0.2) is 4.79 Å². The zero-order valence-corrected chi connectivity index (χ0v) is 12.0. The molecule has 0 bridgehead atoms. The Morgan fingerprint density at radius 2 is 2.00 bits per heavy atom. The van der Waals surface area contributed by atoms with E-state index in [1.807, 2.05) is 0 Å². The van der Waals surface area contributed by atoms with Gasteiger partial charge in [-0.2, -0.15) is 0 Å². The number of benzene rings is 1. The van der Waals surface area contributed by atoms with Crippen LogP contribution in [-0.4, -0.2) is 37.5 Å². The van der Waals surface area contributed by atoms with Crippen molar-refractivity contribution in [3.8, 4) is 0 Å². The Bertz CT molecular complexity index is 622. The average molecular weight is 305 g/mol. The maximum absolute atomic E-state index is 11.8. The quantitative estimate of drug-likeness (QED) is 0.650. The van der Waals surface area contributed by atoms with E-state index < -0.39 is 18.5 Å². The summed E-state index contributed by atoms with van der Waals surface area (Å²) in [5.74, 6) is -1.59. The van der Waals surface area contributed by atoms with Gasteiger partial charge in [0, 0.05) is 5.56 Å². The number of carbonyl (C=O) groups is 3. The van der Waals surface area contributed by atoms with Crippen molar-refractivity contribution in [3.63, 3.8) is 0 Å². The number of rotatable bonds is 5. The SMILES string of the molecule is CC(=O)c1ccccc1NC(=O)COC(=O)C1=COCCO1. The highest BCUT2D eigenvalue weighted by atomic mass is 16.6. The van der Waals surface area contributed by atoms with Crippen LogP contribution in [0.25, 0.3) is 0 Å². The Hall–Kier alpha value is -2.83. The van der Waals surface area contributed by atoms with E-state index in [0.29, 0.717) is 17.9 Å². The molecule has 0 saturated heterocycles. The summed E-state index contributed by atoms with van der Waals surface area (Å²) in [4.78, 5) is 34.8. The maximum atomic E-state index is 11.8. The highest BCUT2D eigenvalue weighted by Crippen LogP contribution is 2.15. The molecule has 0 radical (unpaired) electrons. The maximum Gasteiger partial charge on any atom is 0.377 e. The number of anilines is 1. The Morgan fingerprint density at radius 3 is 2.68 bits per heavy atom. The molecule has 1 aromatic rings. The van der Waals surface area contributed by atoms with Gasteiger partial charge in [0.05, 0.1) is 5.69 Å². The number of nitrogens with one attached hydrogen (secondary N) is 1. The van der Waals surface area contributed by atoms with E-state index in [4.69, 9.17) is 14.2 Å². The third-order valence-electron chi connectivity index (χ3n) is 2.77. The Kier molecular flexibility index (Phi) is 5.13. The van der Waals surface area contributed by atoms with Crippen LogP contribution >= 0.6 is 0 Å². The van der Waals surface area contributed by atoms with Gasteiger partial charge in [-0.15, -0.1) is 0 Å². The molecule has 0 aliphatic carbocycles. The normalized spacial score (nSPS) is 13.2. The van der Waals surface area contributed by atoms with Crippen LogP contribution in [-0.2, 0) is 23.8 Å². The molecule has 1 aliphatic heterocycles. The van der Waals surface area contributed by atoms with Crippen LogP contribution in [0.4, 0.5) is 5.69 Å². The van der Waals surface area contributed by atoms with Gasteiger partial charge in [-0.1, -0.05) is 12.1 Å². The lowest BCUT2D eigenvalue weighted by atomic mass is 10.1. The molecule has 7 heteroatoms. The lowest BCUT2D eigenvalue weighted by Gasteiger charge is -2.14. The average Bonchev–Trinajstić information content (AvgIpc) is 2.53. The number of ketones is 1. The van der Waals surface area contributed by atoms with Gasteiger partial charge >= 0.3 is 5.97 Å². The minimum Gasteiger partial charge on any atom is -0.493 e. The number of para-hydroxylation sites is 1. The van der Waals surface area contributed by atoms with Crippen LogP contribution in [0.2, 0.25) is 0 Å². The summed E-state index contributed by atoms with van der Waals surface area (Å²) in [6.07, 6.45) is 1.15. The number of Topliss-reactive ketones (excluding diaryl/α,β-unsaturated/α-hetero) is 1. The van der Waals surface area contributed by atoms with Gasteiger partial charge in [0.25, 0.3) is 5.91 Å². The molecule has 0 unspecified atom stereocenters. The fourth-order valence-corrected chi connectivity index (χ4v) is 1.76. The van der Waals surface area contributed by atoms with Crippen LogP contribution in [0.1, 0.15) is 17.3 Å². The fraction of sp³-hybridized carbons (Fsp3) is 0.267. The number of hydrogen-bond donors (Lipinski definition) is 1. The Labute approximate surface area is 126 Å². The van der Waals surface area contributed by atoms with Gasteiger partial charge in [0.1, 0.15) is 19.5 Å². The third-order valence-corrected chi connectivity index (χ3v) is 2.77. The molecular formula is C15H15NO6. The van der Waals surface area contributed by atoms with Crippen LogP contribution < -0.4 is 5.32 Å². The summed E-state index contributed by atoms with van der Waals surface area (Å²) in [5.41, 5.74) is 0.751. The molecule has 0 atom stereocenters. The van der Waals surface area contributed by atoms with Crippen molar-refractivity contribution in [1.82, 2.24) is 0 Å². The minimum atomic E-state index is -0.783. The molecule has 0 saturated carbocycles. The van der Waals surface area contributed by atoms with Crippen LogP contribution in [0.5, 0.6) is 0 Å². The molecule has 0 fully saturated rings. The minimum absolute atomic E-state index is 0.0804. The second kappa shape index (κ2) is 7.26. The van der Waals surface area contributed by atoms with E-state index in [2.05, 4.69) is 5.32 Å². The highest BCUT2D eigenvalue weighted by Gasteiger charge is 2.18. The number of hydrogen-bond acceptors (Lipinski definition) is 6. The van der Waals surface area contributed by atoms with Crippen molar-refractivity contribution < 1.29 is 28.6 Å². The molecule has 1 heterocycles. The summed E-state index contributed by atoms with van der Waals surface area (Å²) < 4.78 is 14.8. The summed E-state index contributed by atoms with van der Waals surface area (Å²) in [5, 5.41) is 2.52. The van der Waals surface area contributed by atoms with E-state index in [0.717, 1.165) is 6.26 Å². The molecule has 116 valence electrons. The molecule has 1 N–H and O–H groups in total. The first kappa shape index (κ1) is 15.6. The van der Waals surface area contributed by atoms with E-state index >= 15 is 0 Å². The highest BCUT2D eigenvalue weighted by molar-refractivity contribution is 6.04. The van der Waals surface area contributed by atoms with Crippen molar-refractivity contribution in [2.24, 2.45) is 0 Å². The molecule has 1 amide bonds. The predicted molar refractivity (Wildman–Crippen MR) is 76.0 cm³/mol. The molecule has 1 aliphatic rings. The lowest BCUT2D eigenvalue weighted by molar-refractivity contribution is -0.148. The second-order valence-electron chi connectivity index (χ2n) is 4.43. The van der Waals surface area contributed by atoms with E-state index in [9.17, 15) is 14.4 Å². The fourth-order valence-electron chi connectivity index (χ4n) is 1.76. The molecular weight excluding hydrogens is 290 g/mol. The van der Waals surface area contributed by atoms with Crippen molar-refractivity contribution in [2.45, 2.75) is 6.92 Å². The predicted octanol–water partition coefficient (Wildman–Crippen LogP) is 1.26. The van der Waals surface area contributed by atoms with Crippen molar-refractivity contribution in [2.75, 3.05) is 25.1 Å². The van der Waals surface area contributed by atoms with Crippen molar-refractivity contribution in [3.05, 3.63) is 41.9 Å². The number of carbonyl (C=O) groups excluding carboxylic acids is 3. The van der Waals surface area contributed by atoms with Crippen molar-refractivity contribution in [1.29, 1.82) is 0 Å². The van der Waals surface area contributed by atoms with Crippen LogP contribution in [0.3, 0.4) is 0 Å². The first-order valence-electron chi connectivity index (χ1n) is 6.59. The zero-order chi connectivity index (χ0) is 15.9. The molecule has 1 aromatic carbocycles. The van der Waals surface area contributed by atoms with Crippen LogP contribution in [0.15, 0.2) is 36.3 Å². The molecule has 0 spiro atoms. The number of esters is 1. The van der Waals surface area contributed by atoms with Gasteiger partial charge in [-0.05, 0) is 19.1 Å². The number of ether oxygens (including phenoxy) is 3. The van der Waals surface area contributed by atoms with Crippen LogP contribution in [0, 0.1) is 0 Å². The summed E-state index contributed by atoms with van der Waals surface area (Å²) in [6.45, 7) is 1.52. The summed E-state index contributed by atoms with van der Waals surface area (Å²) in [7, 11) is 0. The summed E-state index contributed by atoms with van der Waals surface area (Å²) >= 11 is 0. The standard InChI is InChI=1S/C15H15NO6/c1-10(17)11-4-2-3-5-12(11)16-14(18)9-22-15(19)13-8-20-6-7-21-13/h2-5,8H,6-7,9H2,1H3,(H,16,18).